The molecule has 0 fully saturated rings. The minimum atomic E-state index is -0.577. The van der Waals surface area contributed by atoms with E-state index >= 15 is 0 Å². The number of benzene rings is 4. The number of nitrogens with two attached hydrogens (primary N) is 2. The standard InChI is InChI=1S/C28H20N4O4/c29-27(35)15-5-9-19(10-6-15)31-23-24(32-20-11-7-16(8-12-20)28(30)36)26(34)22-14-18-4-2-1-3-17(18)13-21(22)25(23)33/h1-14,31-32H,(H2,29,35)(H2,30,36). The number of ketones is 2. The third kappa shape index (κ3) is 4.07. The minimum absolute atomic E-state index is 0.0496. The summed E-state index contributed by atoms with van der Waals surface area (Å²) in [7, 11) is 0. The van der Waals surface area contributed by atoms with Crippen LogP contribution in [0.4, 0.5) is 11.4 Å². The Kier molecular flexibility index (Phi) is 5.54. The Morgan fingerprint density at radius 1 is 0.556 bits per heavy atom. The molecule has 4 aromatic carbocycles. The number of allylic oxidation sites excluding steroid dienone is 2. The zero-order valence-corrected chi connectivity index (χ0v) is 18.9. The highest BCUT2D eigenvalue weighted by Gasteiger charge is 2.33. The van der Waals surface area contributed by atoms with Crippen molar-refractivity contribution in [2.24, 2.45) is 11.5 Å². The smallest absolute Gasteiger partial charge is 0.248 e. The van der Waals surface area contributed by atoms with Gasteiger partial charge in [-0.15, -0.1) is 0 Å². The summed E-state index contributed by atoms with van der Waals surface area (Å²) in [6, 6.07) is 23.4. The van der Waals surface area contributed by atoms with Crippen LogP contribution in [-0.4, -0.2) is 23.4 Å². The predicted molar refractivity (Wildman–Crippen MR) is 137 cm³/mol. The third-order valence-electron chi connectivity index (χ3n) is 5.96. The number of primary amides is 2. The zero-order valence-electron chi connectivity index (χ0n) is 18.9. The summed E-state index contributed by atoms with van der Waals surface area (Å²) < 4.78 is 0. The molecule has 1 aliphatic rings. The number of hydrogen-bond acceptors (Lipinski definition) is 6. The van der Waals surface area contributed by atoms with Gasteiger partial charge in [-0.3, -0.25) is 19.2 Å². The number of Topliss-reactive ketones (excluding diaryl/α,β-unsaturated/α-hetero) is 2. The van der Waals surface area contributed by atoms with E-state index in [0.29, 0.717) is 22.5 Å². The van der Waals surface area contributed by atoms with Crippen LogP contribution in [-0.2, 0) is 0 Å². The van der Waals surface area contributed by atoms with E-state index in [4.69, 9.17) is 11.5 Å². The van der Waals surface area contributed by atoms with Gasteiger partial charge in [0.2, 0.25) is 23.4 Å². The fourth-order valence-corrected chi connectivity index (χ4v) is 4.08. The molecule has 1 aliphatic carbocycles. The fraction of sp³-hybridized carbons (Fsp3) is 0. The lowest BCUT2D eigenvalue weighted by Crippen LogP contribution is -2.29. The second-order valence-corrected chi connectivity index (χ2v) is 8.29. The van der Waals surface area contributed by atoms with Crippen molar-refractivity contribution in [1.82, 2.24) is 0 Å². The third-order valence-corrected chi connectivity index (χ3v) is 5.96. The van der Waals surface area contributed by atoms with E-state index in [9.17, 15) is 19.2 Å². The van der Waals surface area contributed by atoms with E-state index in [0.717, 1.165) is 10.8 Å². The molecule has 0 aliphatic heterocycles. The van der Waals surface area contributed by atoms with Crippen LogP contribution in [0.2, 0.25) is 0 Å². The summed E-state index contributed by atoms with van der Waals surface area (Å²) in [5.41, 5.74) is 12.9. The first-order chi connectivity index (χ1) is 17.3. The summed E-state index contributed by atoms with van der Waals surface area (Å²) in [5, 5.41) is 7.74. The largest absolute Gasteiger partial charge is 0.366 e. The highest BCUT2D eigenvalue weighted by molar-refractivity contribution is 6.29. The van der Waals surface area contributed by atoms with Crippen molar-refractivity contribution in [3.05, 3.63) is 119 Å². The summed E-state index contributed by atoms with van der Waals surface area (Å²) in [6.07, 6.45) is 0. The highest BCUT2D eigenvalue weighted by Crippen LogP contribution is 2.31. The van der Waals surface area contributed by atoms with Crippen molar-refractivity contribution >= 4 is 45.5 Å². The Balaban J connectivity index is 1.61. The van der Waals surface area contributed by atoms with E-state index in [-0.39, 0.29) is 34.1 Å². The molecule has 2 amide bonds. The van der Waals surface area contributed by atoms with Crippen LogP contribution in [0.25, 0.3) is 10.8 Å². The molecule has 176 valence electrons. The average Bonchev–Trinajstić information content (AvgIpc) is 2.89. The molecule has 0 atom stereocenters. The van der Waals surface area contributed by atoms with Gasteiger partial charge in [0.05, 0.1) is 0 Å². The normalized spacial score (nSPS) is 12.9. The van der Waals surface area contributed by atoms with E-state index in [2.05, 4.69) is 10.6 Å². The van der Waals surface area contributed by atoms with Crippen molar-refractivity contribution in [2.45, 2.75) is 0 Å². The average molecular weight is 476 g/mol. The number of amides is 2. The molecule has 0 bridgehead atoms. The summed E-state index contributed by atoms with van der Waals surface area (Å²) in [5.74, 6) is -1.89. The molecule has 6 N–H and O–H groups in total. The zero-order chi connectivity index (χ0) is 25.4. The van der Waals surface area contributed by atoms with Crippen LogP contribution < -0.4 is 22.1 Å². The number of carbonyl (C=O) groups is 4. The molecular weight excluding hydrogens is 456 g/mol. The van der Waals surface area contributed by atoms with Gasteiger partial charge in [0.1, 0.15) is 11.4 Å². The predicted octanol–water partition coefficient (Wildman–Crippen LogP) is 3.85. The first-order valence-electron chi connectivity index (χ1n) is 11.0. The van der Waals surface area contributed by atoms with Gasteiger partial charge in [0, 0.05) is 33.6 Å². The number of fused-ring (bicyclic) bond motifs is 2. The number of nitrogens with one attached hydrogen (secondary N) is 2. The molecule has 0 heterocycles. The lowest BCUT2D eigenvalue weighted by molar-refractivity contribution is 0.0977. The van der Waals surface area contributed by atoms with Crippen LogP contribution in [0.3, 0.4) is 0 Å². The van der Waals surface area contributed by atoms with E-state index in [1.807, 2.05) is 24.3 Å². The van der Waals surface area contributed by atoms with Gasteiger partial charge in [-0.25, -0.2) is 0 Å². The molecular formula is C28H20N4O4. The maximum Gasteiger partial charge on any atom is 0.248 e. The van der Waals surface area contributed by atoms with Crippen LogP contribution in [0.15, 0.2) is 96.3 Å². The van der Waals surface area contributed by atoms with Crippen molar-refractivity contribution < 1.29 is 19.2 Å². The molecule has 0 radical (unpaired) electrons. The molecule has 8 heteroatoms. The van der Waals surface area contributed by atoms with Gasteiger partial charge in [0.15, 0.2) is 0 Å². The van der Waals surface area contributed by atoms with Crippen molar-refractivity contribution in [3.8, 4) is 0 Å². The number of hydrogen-bond donors (Lipinski definition) is 4. The molecule has 5 rings (SSSR count). The monoisotopic (exact) mass is 476 g/mol. The van der Waals surface area contributed by atoms with Gasteiger partial charge in [-0.2, -0.15) is 0 Å². The fourth-order valence-electron chi connectivity index (χ4n) is 4.08. The number of carbonyl (C=O) groups excluding carboxylic acids is 4. The molecule has 8 nitrogen and oxygen atoms in total. The Bertz CT molecular complexity index is 1480. The van der Waals surface area contributed by atoms with Crippen molar-refractivity contribution in [2.75, 3.05) is 10.6 Å². The Labute approximate surface area is 205 Å². The topological polar surface area (TPSA) is 144 Å². The highest BCUT2D eigenvalue weighted by atomic mass is 16.2. The lowest BCUT2D eigenvalue weighted by atomic mass is 9.87. The Hall–Kier alpha value is -5.24. The lowest BCUT2D eigenvalue weighted by Gasteiger charge is -2.24. The molecule has 0 spiro atoms. The summed E-state index contributed by atoms with van der Waals surface area (Å²) in [4.78, 5) is 50.2. The van der Waals surface area contributed by atoms with E-state index in [1.54, 1.807) is 36.4 Å². The van der Waals surface area contributed by atoms with E-state index in [1.165, 1.54) is 24.3 Å². The minimum Gasteiger partial charge on any atom is -0.366 e. The summed E-state index contributed by atoms with van der Waals surface area (Å²) in [6.45, 7) is 0. The van der Waals surface area contributed by atoms with Crippen LogP contribution in [0.1, 0.15) is 41.4 Å². The summed E-state index contributed by atoms with van der Waals surface area (Å²) >= 11 is 0. The maximum absolute atomic E-state index is 13.7. The second-order valence-electron chi connectivity index (χ2n) is 8.29. The number of rotatable bonds is 6. The van der Waals surface area contributed by atoms with Gasteiger partial charge in [-0.1, -0.05) is 24.3 Å². The van der Waals surface area contributed by atoms with E-state index < -0.39 is 11.8 Å². The first kappa shape index (κ1) is 22.5. The maximum atomic E-state index is 13.7. The van der Waals surface area contributed by atoms with Crippen LogP contribution in [0, 0.1) is 0 Å². The SMILES string of the molecule is NC(=O)c1ccc(NC2=C(Nc3ccc(C(N)=O)cc3)C(=O)c3cc4ccccc4cc3C2=O)cc1. The van der Waals surface area contributed by atoms with Gasteiger partial charge in [0.25, 0.3) is 0 Å². The molecule has 4 aromatic rings. The molecule has 0 saturated carbocycles. The molecule has 0 aromatic heterocycles. The van der Waals surface area contributed by atoms with Crippen LogP contribution >= 0.6 is 0 Å². The Morgan fingerprint density at radius 3 is 1.25 bits per heavy atom. The molecule has 0 unspecified atom stereocenters. The van der Waals surface area contributed by atoms with Crippen molar-refractivity contribution in [1.29, 1.82) is 0 Å². The number of anilines is 2. The Morgan fingerprint density at radius 2 is 0.917 bits per heavy atom. The van der Waals surface area contributed by atoms with Gasteiger partial charge in [-0.05, 0) is 71.4 Å². The second kappa shape index (κ2) is 8.84. The molecule has 36 heavy (non-hydrogen) atoms. The van der Waals surface area contributed by atoms with Crippen molar-refractivity contribution in [3.63, 3.8) is 0 Å². The van der Waals surface area contributed by atoms with Gasteiger partial charge >= 0.3 is 0 Å². The quantitative estimate of drug-likeness (QED) is 0.333. The molecule has 0 saturated heterocycles. The first-order valence-corrected chi connectivity index (χ1v) is 11.0. The van der Waals surface area contributed by atoms with Gasteiger partial charge < -0.3 is 22.1 Å². The van der Waals surface area contributed by atoms with Crippen LogP contribution in [0.5, 0.6) is 0 Å².